The van der Waals surface area contributed by atoms with Crippen molar-refractivity contribution in [1.29, 1.82) is 0 Å². The number of benzene rings is 1. The van der Waals surface area contributed by atoms with Gasteiger partial charge in [0.05, 0.1) is 7.11 Å². The van der Waals surface area contributed by atoms with Gasteiger partial charge < -0.3 is 19.9 Å². The normalized spacial score (nSPS) is 11.0. The molecular formula is C17H23N3O3. The van der Waals surface area contributed by atoms with Crippen molar-refractivity contribution in [2.75, 3.05) is 34.3 Å². The average molecular weight is 317 g/mol. The van der Waals surface area contributed by atoms with Gasteiger partial charge in [-0.25, -0.2) is 0 Å². The van der Waals surface area contributed by atoms with Gasteiger partial charge in [0.2, 0.25) is 5.91 Å². The maximum atomic E-state index is 12.1. The minimum absolute atomic E-state index is 0.0445. The Bertz CT molecular complexity index is 737. The molecule has 0 atom stereocenters. The molecule has 0 bridgehead atoms. The molecule has 0 aliphatic carbocycles. The van der Waals surface area contributed by atoms with Crippen LogP contribution in [0.25, 0.3) is 10.9 Å². The maximum Gasteiger partial charge on any atom is 0.251 e. The molecule has 0 unspecified atom stereocenters. The Morgan fingerprint density at radius 3 is 2.78 bits per heavy atom. The van der Waals surface area contributed by atoms with Gasteiger partial charge in [0, 0.05) is 36.0 Å². The number of nitrogens with zero attached hydrogens (tertiary/aromatic N) is 1. The third-order valence-electron chi connectivity index (χ3n) is 3.63. The first-order chi connectivity index (χ1) is 11.0. The molecule has 1 amide bonds. The van der Waals surface area contributed by atoms with Crippen LogP contribution < -0.4 is 15.6 Å². The lowest BCUT2D eigenvalue weighted by molar-refractivity contribution is -0.121. The van der Waals surface area contributed by atoms with E-state index in [-0.39, 0.29) is 11.5 Å². The molecule has 1 aromatic carbocycles. The van der Waals surface area contributed by atoms with Crippen molar-refractivity contribution in [3.05, 3.63) is 40.2 Å². The molecule has 124 valence electrons. The Labute approximate surface area is 135 Å². The Balaban J connectivity index is 2.03. The molecule has 0 aliphatic heterocycles. The Morgan fingerprint density at radius 1 is 1.30 bits per heavy atom. The molecule has 1 aromatic heterocycles. The summed E-state index contributed by atoms with van der Waals surface area (Å²) in [4.78, 5) is 28.7. The van der Waals surface area contributed by atoms with Crippen LogP contribution in [-0.4, -0.2) is 50.1 Å². The maximum absolute atomic E-state index is 12.1. The number of aromatic amines is 1. The monoisotopic (exact) mass is 317 g/mol. The number of pyridine rings is 1. The summed E-state index contributed by atoms with van der Waals surface area (Å²) in [5.41, 5.74) is 1.22. The van der Waals surface area contributed by atoms with Gasteiger partial charge >= 0.3 is 0 Å². The Kier molecular flexibility index (Phi) is 5.76. The first-order valence-corrected chi connectivity index (χ1v) is 7.61. The Morgan fingerprint density at radius 2 is 2.09 bits per heavy atom. The van der Waals surface area contributed by atoms with Crippen molar-refractivity contribution in [3.8, 4) is 5.75 Å². The topological polar surface area (TPSA) is 74.4 Å². The summed E-state index contributed by atoms with van der Waals surface area (Å²) >= 11 is 0. The molecule has 2 N–H and O–H groups in total. The predicted molar refractivity (Wildman–Crippen MR) is 91.0 cm³/mol. The van der Waals surface area contributed by atoms with Crippen molar-refractivity contribution in [2.45, 2.75) is 12.8 Å². The van der Waals surface area contributed by atoms with Crippen molar-refractivity contribution in [3.63, 3.8) is 0 Å². The van der Waals surface area contributed by atoms with E-state index < -0.39 is 0 Å². The quantitative estimate of drug-likeness (QED) is 0.803. The smallest absolute Gasteiger partial charge is 0.251 e. The molecule has 1 heterocycles. The van der Waals surface area contributed by atoms with Gasteiger partial charge in [-0.1, -0.05) is 0 Å². The van der Waals surface area contributed by atoms with E-state index in [2.05, 4.69) is 10.3 Å². The average Bonchev–Trinajstić information content (AvgIpc) is 2.52. The number of ether oxygens (including phenoxy) is 1. The number of likely N-dealkylation sites (N-methyl/N-ethyl adjacent to an activating group) is 1. The van der Waals surface area contributed by atoms with E-state index in [0.717, 1.165) is 23.2 Å². The van der Waals surface area contributed by atoms with Crippen molar-refractivity contribution < 1.29 is 9.53 Å². The van der Waals surface area contributed by atoms with E-state index in [1.54, 1.807) is 13.2 Å². The molecule has 0 saturated carbocycles. The van der Waals surface area contributed by atoms with Crippen molar-refractivity contribution in [2.24, 2.45) is 0 Å². The number of hydrogen-bond acceptors (Lipinski definition) is 4. The van der Waals surface area contributed by atoms with Gasteiger partial charge in [-0.15, -0.1) is 0 Å². The summed E-state index contributed by atoms with van der Waals surface area (Å²) in [6.45, 7) is 1.40. The van der Waals surface area contributed by atoms with Crippen molar-refractivity contribution >= 4 is 16.8 Å². The van der Waals surface area contributed by atoms with E-state index in [4.69, 9.17) is 4.74 Å². The lowest BCUT2D eigenvalue weighted by Crippen LogP contribution is -2.31. The molecule has 0 saturated heterocycles. The third-order valence-corrected chi connectivity index (χ3v) is 3.63. The summed E-state index contributed by atoms with van der Waals surface area (Å²) in [6.07, 6.45) is 0.711. The molecule has 6 nitrogen and oxygen atoms in total. The van der Waals surface area contributed by atoms with Crippen LogP contribution in [0, 0.1) is 0 Å². The van der Waals surface area contributed by atoms with Crippen LogP contribution in [0.5, 0.6) is 5.75 Å². The first-order valence-electron chi connectivity index (χ1n) is 7.61. The zero-order chi connectivity index (χ0) is 16.8. The largest absolute Gasteiger partial charge is 0.497 e. The number of rotatable bonds is 7. The van der Waals surface area contributed by atoms with Crippen LogP contribution in [0.3, 0.4) is 0 Å². The van der Waals surface area contributed by atoms with Gasteiger partial charge in [0.25, 0.3) is 5.56 Å². The second-order valence-corrected chi connectivity index (χ2v) is 5.73. The predicted octanol–water partition coefficient (Wildman–Crippen LogP) is 1.15. The highest BCUT2D eigenvalue weighted by Gasteiger charge is 2.07. The lowest BCUT2D eigenvalue weighted by Gasteiger charge is -2.10. The van der Waals surface area contributed by atoms with Crippen LogP contribution >= 0.6 is 0 Å². The van der Waals surface area contributed by atoms with Crippen LogP contribution in [0.15, 0.2) is 29.1 Å². The number of carbonyl (C=O) groups is 1. The van der Waals surface area contributed by atoms with E-state index in [1.807, 2.05) is 37.2 Å². The molecular weight excluding hydrogens is 294 g/mol. The van der Waals surface area contributed by atoms with Crippen LogP contribution in [0.1, 0.15) is 12.0 Å². The van der Waals surface area contributed by atoms with Gasteiger partial charge in [0.15, 0.2) is 0 Å². The fourth-order valence-electron chi connectivity index (χ4n) is 2.30. The zero-order valence-electron chi connectivity index (χ0n) is 13.8. The number of amides is 1. The number of nitrogens with one attached hydrogen (secondary N) is 2. The number of methoxy groups -OCH3 is 1. The van der Waals surface area contributed by atoms with Gasteiger partial charge in [0.1, 0.15) is 5.75 Å². The highest BCUT2D eigenvalue weighted by atomic mass is 16.5. The highest BCUT2D eigenvalue weighted by Crippen LogP contribution is 2.19. The molecule has 0 fully saturated rings. The molecule has 6 heteroatoms. The highest BCUT2D eigenvalue weighted by molar-refractivity contribution is 5.81. The number of aromatic nitrogens is 1. The zero-order valence-corrected chi connectivity index (χ0v) is 13.8. The standard InChI is InChI=1S/C17H23N3O3/c1-20(2)9-8-18-16(21)7-4-12-10-13-11-14(23-3)5-6-15(13)19-17(12)22/h5-6,10-11H,4,7-9H2,1-3H3,(H,18,21)(H,19,22). The first kappa shape index (κ1) is 17.0. The number of carbonyl (C=O) groups excluding carboxylic acids is 1. The molecule has 0 aliphatic rings. The summed E-state index contributed by atoms with van der Waals surface area (Å²) in [7, 11) is 5.51. The van der Waals surface area contributed by atoms with Gasteiger partial charge in [-0.2, -0.15) is 0 Å². The van der Waals surface area contributed by atoms with Crippen LogP contribution in [0.4, 0.5) is 0 Å². The minimum Gasteiger partial charge on any atom is -0.497 e. The molecule has 0 spiro atoms. The van der Waals surface area contributed by atoms with E-state index in [9.17, 15) is 9.59 Å². The second kappa shape index (κ2) is 7.78. The minimum atomic E-state index is -0.149. The third kappa shape index (κ3) is 4.82. The fraction of sp³-hybridized carbons (Fsp3) is 0.412. The number of hydrogen-bond donors (Lipinski definition) is 2. The SMILES string of the molecule is COc1ccc2[nH]c(=O)c(CCC(=O)NCCN(C)C)cc2c1. The lowest BCUT2D eigenvalue weighted by atomic mass is 10.1. The molecule has 0 radical (unpaired) electrons. The van der Waals surface area contributed by atoms with Gasteiger partial charge in [-0.3, -0.25) is 9.59 Å². The van der Waals surface area contributed by atoms with E-state index in [1.165, 1.54) is 0 Å². The number of H-pyrrole nitrogens is 1. The fourth-order valence-corrected chi connectivity index (χ4v) is 2.30. The summed E-state index contributed by atoms with van der Waals surface area (Å²) in [5.74, 6) is 0.689. The van der Waals surface area contributed by atoms with Crippen molar-refractivity contribution in [1.82, 2.24) is 15.2 Å². The molecule has 23 heavy (non-hydrogen) atoms. The molecule has 2 aromatic rings. The number of aryl methyl sites for hydroxylation is 1. The van der Waals surface area contributed by atoms with Crippen LogP contribution in [0.2, 0.25) is 0 Å². The summed E-state index contributed by atoms with van der Waals surface area (Å²) in [6, 6.07) is 7.30. The molecule has 2 rings (SSSR count). The van der Waals surface area contributed by atoms with E-state index in [0.29, 0.717) is 24.9 Å². The summed E-state index contributed by atoms with van der Waals surface area (Å²) < 4.78 is 5.19. The van der Waals surface area contributed by atoms with Crippen LogP contribution in [-0.2, 0) is 11.2 Å². The van der Waals surface area contributed by atoms with E-state index >= 15 is 0 Å². The second-order valence-electron chi connectivity index (χ2n) is 5.73. The summed E-state index contributed by atoms with van der Waals surface area (Å²) in [5, 5.41) is 3.74. The Hall–Kier alpha value is -2.34. The number of fused-ring (bicyclic) bond motifs is 1. The van der Waals surface area contributed by atoms with Gasteiger partial charge in [-0.05, 0) is 44.8 Å².